The van der Waals surface area contributed by atoms with Crippen molar-refractivity contribution in [3.8, 4) is 11.5 Å². The highest BCUT2D eigenvalue weighted by Crippen LogP contribution is 2.28. The lowest BCUT2D eigenvalue weighted by Gasteiger charge is -2.14. The molecule has 1 unspecified atom stereocenters. The molecule has 0 aliphatic rings. The summed E-state index contributed by atoms with van der Waals surface area (Å²) < 4.78 is 42.0. The normalized spacial score (nSPS) is 12.5. The molecule has 22 heavy (non-hydrogen) atoms. The highest BCUT2D eigenvalue weighted by Gasteiger charge is 2.23. The molecule has 0 bridgehead atoms. The molecule has 0 heterocycles. The van der Waals surface area contributed by atoms with E-state index in [0.29, 0.717) is 5.75 Å². The third-order valence-electron chi connectivity index (χ3n) is 2.93. The van der Waals surface area contributed by atoms with Crippen molar-refractivity contribution >= 4 is 16.0 Å². The molecule has 0 aromatic heterocycles. The first kappa shape index (κ1) is 18.2. The minimum Gasteiger partial charge on any atom is -0.497 e. The Morgan fingerprint density at radius 1 is 1.27 bits per heavy atom. The van der Waals surface area contributed by atoms with Gasteiger partial charge in [-0.15, -0.1) is 0 Å². The van der Waals surface area contributed by atoms with Crippen molar-refractivity contribution in [3.63, 3.8) is 0 Å². The fourth-order valence-electron chi connectivity index (χ4n) is 1.67. The maximum absolute atomic E-state index is 12.4. The van der Waals surface area contributed by atoms with Gasteiger partial charge < -0.3 is 14.2 Å². The molecule has 8 heteroatoms. The number of esters is 1. The summed E-state index contributed by atoms with van der Waals surface area (Å²) in [5.74, 6) is -0.467. The molecule has 1 atom stereocenters. The molecule has 1 N–H and O–H groups in total. The molecule has 1 rings (SSSR count). The van der Waals surface area contributed by atoms with Gasteiger partial charge in [0.2, 0.25) is 10.0 Å². The molecule has 1 aromatic carbocycles. The number of rotatable bonds is 8. The van der Waals surface area contributed by atoms with Crippen molar-refractivity contribution < 1.29 is 27.4 Å². The first-order chi connectivity index (χ1) is 10.4. The molecule has 0 saturated carbocycles. The van der Waals surface area contributed by atoms with Crippen LogP contribution in [-0.2, 0) is 19.6 Å². The van der Waals surface area contributed by atoms with Crippen LogP contribution < -0.4 is 14.2 Å². The molecule has 0 fully saturated rings. The van der Waals surface area contributed by atoms with E-state index >= 15 is 0 Å². The number of hydrogen-bond donors (Lipinski definition) is 1. The van der Waals surface area contributed by atoms with Gasteiger partial charge in [0.15, 0.2) is 0 Å². The number of methoxy groups -OCH3 is 2. The number of carbonyl (C=O) groups is 1. The number of ether oxygens (including phenoxy) is 3. The lowest BCUT2D eigenvalue weighted by Crippen LogP contribution is -2.32. The second-order valence-electron chi connectivity index (χ2n) is 4.52. The second-order valence-corrected chi connectivity index (χ2v) is 6.26. The molecule has 0 aliphatic carbocycles. The number of hydrogen-bond acceptors (Lipinski definition) is 6. The van der Waals surface area contributed by atoms with Crippen molar-refractivity contribution in [2.75, 3.05) is 27.4 Å². The van der Waals surface area contributed by atoms with Crippen LogP contribution in [0, 0.1) is 5.92 Å². The van der Waals surface area contributed by atoms with Gasteiger partial charge in [0.1, 0.15) is 16.4 Å². The van der Waals surface area contributed by atoms with E-state index in [4.69, 9.17) is 14.2 Å². The SMILES string of the molecule is CCOC(=O)C(C)CNS(=O)(=O)c1cc(OC)ccc1OC. The van der Waals surface area contributed by atoms with Crippen molar-refractivity contribution in [2.24, 2.45) is 5.92 Å². The third kappa shape index (κ3) is 4.60. The fraction of sp³-hybridized carbons (Fsp3) is 0.500. The zero-order chi connectivity index (χ0) is 16.8. The standard InChI is InChI=1S/C14H21NO6S/c1-5-21-14(16)10(2)9-15-22(17,18)13-8-11(19-3)6-7-12(13)20-4/h6-8,10,15H,5,9H2,1-4H3. The van der Waals surface area contributed by atoms with Crippen LogP contribution >= 0.6 is 0 Å². The van der Waals surface area contributed by atoms with Crippen LogP contribution in [0.25, 0.3) is 0 Å². The quantitative estimate of drug-likeness (QED) is 0.719. The summed E-state index contributed by atoms with van der Waals surface area (Å²) in [5, 5.41) is 0. The number of carbonyl (C=O) groups excluding carboxylic acids is 1. The van der Waals surface area contributed by atoms with Crippen LogP contribution in [-0.4, -0.2) is 41.8 Å². The largest absolute Gasteiger partial charge is 0.497 e. The van der Waals surface area contributed by atoms with Gasteiger partial charge in [-0.25, -0.2) is 13.1 Å². The zero-order valence-electron chi connectivity index (χ0n) is 13.1. The summed E-state index contributed by atoms with van der Waals surface area (Å²) in [6, 6.07) is 4.46. The number of nitrogens with one attached hydrogen (secondary N) is 1. The van der Waals surface area contributed by atoms with Crippen LogP contribution in [0.1, 0.15) is 13.8 Å². The monoisotopic (exact) mass is 331 g/mol. The highest BCUT2D eigenvalue weighted by atomic mass is 32.2. The molecule has 0 saturated heterocycles. The van der Waals surface area contributed by atoms with Gasteiger partial charge in [-0.1, -0.05) is 6.92 Å². The maximum Gasteiger partial charge on any atom is 0.309 e. The molecule has 0 amide bonds. The summed E-state index contributed by atoms with van der Waals surface area (Å²) in [6.45, 7) is 3.46. The van der Waals surface area contributed by atoms with Crippen LogP contribution in [0.4, 0.5) is 0 Å². The number of sulfonamides is 1. The minimum absolute atomic E-state index is 0.0505. The van der Waals surface area contributed by atoms with Gasteiger partial charge in [0.25, 0.3) is 0 Å². The van der Waals surface area contributed by atoms with E-state index in [2.05, 4.69) is 4.72 Å². The van der Waals surface area contributed by atoms with Gasteiger partial charge in [-0.3, -0.25) is 4.79 Å². The predicted octanol–water partition coefficient (Wildman–Crippen LogP) is 1.18. The highest BCUT2D eigenvalue weighted by molar-refractivity contribution is 7.89. The molecular weight excluding hydrogens is 310 g/mol. The summed E-state index contributed by atoms with van der Waals surface area (Å²) >= 11 is 0. The Bertz CT molecular complexity index is 614. The lowest BCUT2D eigenvalue weighted by atomic mass is 10.2. The van der Waals surface area contributed by atoms with E-state index in [1.54, 1.807) is 19.9 Å². The maximum atomic E-state index is 12.4. The summed E-state index contributed by atoms with van der Waals surface area (Å²) in [5.41, 5.74) is 0. The fourth-order valence-corrected chi connectivity index (χ4v) is 2.99. The van der Waals surface area contributed by atoms with Crippen molar-refractivity contribution in [3.05, 3.63) is 18.2 Å². The Balaban J connectivity index is 2.92. The Kier molecular flexibility index (Phi) is 6.63. The smallest absolute Gasteiger partial charge is 0.309 e. The van der Waals surface area contributed by atoms with E-state index in [1.165, 1.54) is 26.4 Å². The van der Waals surface area contributed by atoms with E-state index in [1.807, 2.05) is 0 Å². The first-order valence-electron chi connectivity index (χ1n) is 6.74. The van der Waals surface area contributed by atoms with Gasteiger partial charge >= 0.3 is 5.97 Å². The van der Waals surface area contributed by atoms with Gasteiger partial charge in [0.05, 0.1) is 26.7 Å². The average Bonchev–Trinajstić information content (AvgIpc) is 2.52. The van der Waals surface area contributed by atoms with E-state index in [-0.39, 0.29) is 23.8 Å². The van der Waals surface area contributed by atoms with Crippen LogP contribution in [0.5, 0.6) is 11.5 Å². The van der Waals surface area contributed by atoms with Crippen LogP contribution in [0.2, 0.25) is 0 Å². The summed E-state index contributed by atoms with van der Waals surface area (Å²) in [7, 11) is -1.03. The molecule has 0 aliphatic heterocycles. The second kappa shape index (κ2) is 8.00. The molecule has 0 spiro atoms. The summed E-state index contributed by atoms with van der Waals surface area (Å²) in [6.07, 6.45) is 0. The van der Waals surface area contributed by atoms with E-state index in [0.717, 1.165) is 0 Å². The lowest BCUT2D eigenvalue weighted by molar-refractivity contribution is -0.147. The molecule has 7 nitrogen and oxygen atoms in total. The third-order valence-corrected chi connectivity index (χ3v) is 4.37. The Hall–Kier alpha value is -1.80. The van der Waals surface area contributed by atoms with Crippen molar-refractivity contribution in [1.82, 2.24) is 4.72 Å². The average molecular weight is 331 g/mol. The Morgan fingerprint density at radius 2 is 1.95 bits per heavy atom. The van der Waals surface area contributed by atoms with Gasteiger partial charge in [-0.05, 0) is 19.1 Å². The topological polar surface area (TPSA) is 90.9 Å². The van der Waals surface area contributed by atoms with Gasteiger partial charge in [-0.2, -0.15) is 0 Å². The van der Waals surface area contributed by atoms with Crippen LogP contribution in [0.3, 0.4) is 0 Å². The zero-order valence-corrected chi connectivity index (χ0v) is 13.9. The molecule has 0 radical (unpaired) electrons. The molecule has 1 aromatic rings. The molecule has 124 valence electrons. The number of benzene rings is 1. The minimum atomic E-state index is -3.84. The van der Waals surface area contributed by atoms with Crippen molar-refractivity contribution in [2.45, 2.75) is 18.7 Å². The molecular formula is C14H21NO6S. The van der Waals surface area contributed by atoms with Gasteiger partial charge in [0, 0.05) is 12.6 Å². The first-order valence-corrected chi connectivity index (χ1v) is 8.22. The van der Waals surface area contributed by atoms with Crippen LogP contribution in [0.15, 0.2) is 23.1 Å². The Labute approximate surface area is 130 Å². The van der Waals surface area contributed by atoms with E-state index < -0.39 is 21.9 Å². The Morgan fingerprint density at radius 3 is 2.50 bits per heavy atom. The van der Waals surface area contributed by atoms with E-state index in [9.17, 15) is 13.2 Å². The predicted molar refractivity (Wildman–Crippen MR) is 80.5 cm³/mol. The van der Waals surface area contributed by atoms with Crippen molar-refractivity contribution in [1.29, 1.82) is 0 Å². The summed E-state index contributed by atoms with van der Waals surface area (Å²) in [4.78, 5) is 11.5.